The van der Waals surface area contributed by atoms with E-state index >= 15 is 0 Å². The molecule has 0 bridgehead atoms. The highest BCUT2D eigenvalue weighted by Crippen LogP contribution is 2.21. The average Bonchev–Trinajstić information content (AvgIpc) is 2.38. The molecule has 1 unspecified atom stereocenters. The topological polar surface area (TPSA) is 62.3 Å². The lowest BCUT2D eigenvalue weighted by Crippen LogP contribution is -2.40. The van der Waals surface area contributed by atoms with Crippen LogP contribution in [-0.4, -0.2) is 31.1 Å². The van der Waals surface area contributed by atoms with E-state index in [9.17, 15) is 0 Å². The fourth-order valence-corrected chi connectivity index (χ4v) is 2.28. The molecule has 0 aromatic heterocycles. The number of nitrogen functional groups attached to an aromatic ring is 1. The highest BCUT2D eigenvalue weighted by atomic mass is 16.5. The third-order valence-electron chi connectivity index (χ3n) is 3.51. The van der Waals surface area contributed by atoms with Crippen LogP contribution in [0.25, 0.3) is 0 Å². The van der Waals surface area contributed by atoms with E-state index in [1.807, 2.05) is 6.07 Å². The maximum Gasteiger partial charge on any atom is 0.121 e. The van der Waals surface area contributed by atoms with Gasteiger partial charge in [-0.2, -0.15) is 5.26 Å². The van der Waals surface area contributed by atoms with Crippen LogP contribution in [0.4, 0.5) is 5.69 Å². The Morgan fingerprint density at radius 1 is 1.50 bits per heavy atom. The van der Waals surface area contributed by atoms with Gasteiger partial charge in [-0.25, -0.2) is 0 Å². The van der Waals surface area contributed by atoms with Crippen LogP contribution in [0.15, 0.2) is 18.2 Å². The molecule has 1 atom stereocenters. The minimum absolute atomic E-state index is 0.479. The van der Waals surface area contributed by atoms with Crippen LogP contribution >= 0.6 is 0 Å². The lowest BCUT2D eigenvalue weighted by Gasteiger charge is -2.32. The monoisotopic (exact) mass is 245 g/mol. The second kappa shape index (κ2) is 5.74. The van der Waals surface area contributed by atoms with Gasteiger partial charge < -0.3 is 15.4 Å². The van der Waals surface area contributed by atoms with E-state index in [1.165, 1.54) is 19.3 Å². The third kappa shape index (κ3) is 2.93. The van der Waals surface area contributed by atoms with Gasteiger partial charge in [-0.3, -0.25) is 0 Å². The molecule has 18 heavy (non-hydrogen) atoms. The van der Waals surface area contributed by atoms with Gasteiger partial charge in [0.2, 0.25) is 0 Å². The summed E-state index contributed by atoms with van der Waals surface area (Å²) in [7, 11) is 2.14. The van der Waals surface area contributed by atoms with Gasteiger partial charge in [-0.1, -0.05) is 6.42 Å². The number of hydrogen-bond donors (Lipinski definition) is 1. The van der Waals surface area contributed by atoms with Crippen molar-refractivity contribution in [3.05, 3.63) is 23.8 Å². The van der Waals surface area contributed by atoms with E-state index in [4.69, 9.17) is 15.7 Å². The summed E-state index contributed by atoms with van der Waals surface area (Å²) in [5, 5.41) is 8.80. The van der Waals surface area contributed by atoms with Crippen LogP contribution < -0.4 is 10.5 Å². The largest absolute Gasteiger partial charge is 0.492 e. The number of anilines is 1. The van der Waals surface area contributed by atoms with Crippen molar-refractivity contribution in [1.29, 1.82) is 5.26 Å². The summed E-state index contributed by atoms with van der Waals surface area (Å²) >= 11 is 0. The van der Waals surface area contributed by atoms with Crippen molar-refractivity contribution in [2.45, 2.75) is 25.3 Å². The maximum absolute atomic E-state index is 8.80. The Hall–Kier alpha value is -1.73. The van der Waals surface area contributed by atoms with Gasteiger partial charge >= 0.3 is 0 Å². The van der Waals surface area contributed by atoms with Crippen molar-refractivity contribution >= 4 is 5.69 Å². The van der Waals surface area contributed by atoms with Crippen LogP contribution in [0.2, 0.25) is 0 Å². The van der Waals surface area contributed by atoms with Crippen LogP contribution in [0, 0.1) is 11.3 Å². The first-order valence-corrected chi connectivity index (χ1v) is 6.33. The summed E-state index contributed by atoms with van der Waals surface area (Å²) in [5.74, 6) is 0.741. The predicted molar refractivity (Wildman–Crippen MR) is 71.3 cm³/mol. The Balaban J connectivity index is 1.94. The van der Waals surface area contributed by atoms with Crippen molar-refractivity contribution < 1.29 is 4.74 Å². The number of hydrogen-bond acceptors (Lipinski definition) is 4. The molecular formula is C14H19N3O. The van der Waals surface area contributed by atoms with Gasteiger partial charge in [0.25, 0.3) is 0 Å². The third-order valence-corrected chi connectivity index (χ3v) is 3.51. The minimum atomic E-state index is 0.479. The number of rotatable bonds is 3. The van der Waals surface area contributed by atoms with Gasteiger partial charge in [-0.15, -0.1) is 0 Å². The molecule has 1 aliphatic rings. The number of likely N-dealkylation sites (tertiary alicyclic amines) is 1. The standard InChI is InChI=1S/C14H19N3O/c1-17-7-3-2-4-12(17)10-18-13-6-5-11(9-15)14(16)8-13/h5-6,8,12H,2-4,7,10,16H2,1H3. The van der Waals surface area contributed by atoms with Gasteiger partial charge in [0.05, 0.1) is 11.3 Å². The molecule has 0 radical (unpaired) electrons. The first kappa shape index (κ1) is 12.7. The zero-order valence-electron chi connectivity index (χ0n) is 10.7. The number of nitrogens with two attached hydrogens (primary N) is 1. The second-order valence-electron chi connectivity index (χ2n) is 4.80. The van der Waals surface area contributed by atoms with E-state index in [0.717, 1.165) is 12.3 Å². The lowest BCUT2D eigenvalue weighted by atomic mass is 10.0. The van der Waals surface area contributed by atoms with Crippen LogP contribution in [0.3, 0.4) is 0 Å². The van der Waals surface area contributed by atoms with Gasteiger partial charge in [-0.05, 0) is 38.6 Å². The fraction of sp³-hybridized carbons (Fsp3) is 0.500. The number of ether oxygens (including phenoxy) is 1. The molecule has 1 aromatic rings. The lowest BCUT2D eigenvalue weighted by molar-refractivity contribution is 0.125. The molecule has 4 heteroatoms. The summed E-state index contributed by atoms with van der Waals surface area (Å²) in [6.45, 7) is 1.82. The summed E-state index contributed by atoms with van der Waals surface area (Å²) in [6.07, 6.45) is 3.73. The molecule has 1 aliphatic heterocycles. The first-order chi connectivity index (χ1) is 8.70. The van der Waals surface area contributed by atoms with Crippen molar-refractivity contribution in [2.24, 2.45) is 0 Å². The van der Waals surface area contributed by atoms with Crippen LogP contribution in [-0.2, 0) is 0 Å². The van der Waals surface area contributed by atoms with Gasteiger partial charge in [0.15, 0.2) is 0 Å². The van der Waals surface area contributed by atoms with E-state index in [1.54, 1.807) is 18.2 Å². The Kier molecular flexibility index (Phi) is 4.06. The predicted octanol–water partition coefficient (Wildman–Crippen LogP) is 2.00. The minimum Gasteiger partial charge on any atom is -0.492 e. The summed E-state index contributed by atoms with van der Waals surface area (Å²) < 4.78 is 5.77. The van der Waals surface area contributed by atoms with E-state index in [2.05, 4.69) is 11.9 Å². The number of piperidine rings is 1. The summed E-state index contributed by atoms with van der Waals surface area (Å²) in [5.41, 5.74) is 6.73. The zero-order chi connectivity index (χ0) is 13.0. The maximum atomic E-state index is 8.80. The smallest absolute Gasteiger partial charge is 0.121 e. The summed E-state index contributed by atoms with van der Waals surface area (Å²) in [4.78, 5) is 2.34. The Morgan fingerprint density at radius 2 is 2.33 bits per heavy atom. The Labute approximate surface area is 108 Å². The first-order valence-electron chi connectivity index (χ1n) is 6.33. The molecule has 0 saturated carbocycles. The van der Waals surface area contributed by atoms with Crippen LogP contribution in [0.1, 0.15) is 24.8 Å². The molecule has 96 valence electrons. The number of benzene rings is 1. The molecule has 1 heterocycles. The Morgan fingerprint density at radius 3 is 3.00 bits per heavy atom. The molecule has 2 N–H and O–H groups in total. The number of likely N-dealkylation sites (N-methyl/N-ethyl adjacent to an activating group) is 1. The average molecular weight is 245 g/mol. The molecule has 0 amide bonds. The Bertz CT molecular complexity index is 453. The second-order valence-corrected chi connectivity index (χ2v) is 4.80. The quantitative estimate of drug-likeness (QED) is 0.827. The molecule has 0 aliphatic carbocycles. The van der Waals surface area contributed by atoms with Crippen molar-refractivity contribution in [2.75, 3.05) is 25.9 Å². The number of nitrogens with zero attached hydrogens (tertiary/aromatic N) is 2. The fourth-order valence-electron chi connectivity index (χ4n) is 2.28. The van der Waals surface area contributed by atoms with Crippen molar-refractivity contribution in [1.82, 2.24) is 4.90 Å². The van der Waals surface area contributed by atoms with Gasteiger partial charge in [0, 0.05) is 12.1 Å². The molecule has 1 fully saturated rings. The van der Waals surface area contributed by atoms with E-state index in [-0.39, 0.29) is 0 Å². The number of nitriles is 1. The van der Waals surface area contributed by atoms with Crippen molar-refractivity contribution in [3.63, 3.8) is 0 Å². The zero-order valence-corrected chi connectivity index (χ0v) is 10.7. The highest BCUT2D eigenvalue weighted by molar-refractivity contribution is 5.57. The summed E-state index contributed by atoms with van der Waals surface area (Å²) in [6, 6.07) is 7.76. The molecule has 1 aromatic carbocycles. The van der Waals surface area contributed by atoms with E-state index < -0.39 is 0 Å². The van der Waals surface area contributed by atoms with Gasteiger partial charge in [0.1, 0.15) is 18.4 Å². The molecule has 0 spiro atoms. The van der Waals surface area contributed by atoms with E-state index in [0.29, 0.717) is 23.9 Å². The SMILES string of the molecule is CN1CCCCC1COc1ccc(C#N)c(N)c1. The van der Waals surface area contributed by atoms with Crippen LogP contribution in [0.5, 0.6) is 5.75 Å². The molecule has 4 nitrogen and oxygen atoms in total. The molecule has 1 saturated heterocycles. The molecular weight excluding hydrogens is 226 g/mol. The molecule has 2 rings (SSSR count). The highest BCUT2D eigenvalue weighted by Gasteiger charge is 2.19. The van der Waals surface area contributed by atoms with Crippen molar-refractivity contribution in [3.8, 4) is 11.8 Å². The normalized spacial score (nSPS) is 20.3.